The summed E-state index contributed by atoms with van der Waals surface area (Å²) in [6.07, 6.45) is 11.0. The second-order valence-corrected chi connectivity index (χ2v) is 10.5. The van der Waals surface area contributed by atoms with E-state index in [9.17, 15) is 29.1 Å². The molecular weight excluding hydrogens is 522 g/mol. The number of carbonyl (C=O) groups excluding carboxylic acids is 3. The fraction of sp³-hybridized carbons (Fsp3) is 0.759. The van der Waals surface area contributed by atoms with Crippen LogP contribution in [0.25, 0.3) is 0 Å². The monoisotopic (exact) mass is 569 g/mol. The van der Waals surface area contributed by atoms with Crippen LogP contribution in [0.5, 0.6) is 0 Å². The van der Waals surface area contributed by atoms with E-state index >= 15 is 0 Å². The van der Waals surface area contributed by atoms with Gasteiger partial charge in [-0.15, -0.1) is 0 Å². The topological polar surface area (TPSA) is 177 Å². The van der Waals surface area contributed by atoms with Gasteiger partial charge in [-0.2, -0.15) is 0 Å². The van der Waals surface area contributed by atoms with E-state index in [-0.39, 0.29) is 36.8 Å². The van der Waals surface area contributed by atoms with Crippen LogP contribution in [0.15, 0.2) is 11.6 Å². The van der Waals surface area contributed by atoms with Gasteiger partial charge >= 0.3 is 23.9 Å². The zero-order chi connectivity index (χ0) is 29.8. The summed E-state index contributed by atoms with van der Waals surface area (Å²) >= 11 is 0. The van der Waals surface area contributed by atoms with Gasteiger partial charge in [0.05, 0.1) is 12.5 Å². The van der Waals surface area contributed by atoms with Gasteiger partial charge in [-0.25, -0.2) is 4.79 Å². The maximum Gasteiger partial charge on any atom is 0.333 e. The molecule has 228 valence electrons. The highest BCUT2D eigenvalue weighted by Gasteiger charge is 2.33. The van der Waals surface area contributed by atoms with Gasteiger partial charge < -0.3 is 30.1 Å². The number of rotatable bonds is 24. The molecule has 11 heteroatoms. The molecule has 11 nitrogen and oxygen atoms in total. The fourth-order valence-corrected chi connectivity index (χ4v) is 4.41. The zero-order valence-corrected chi connectivity index (χ0v) is 23.7. The summed E-state index contributed by atoms with van der Waals surface area (Å²) in [6.45, 7) is 1.62. The predicted molar refractivity (Wildman–Crippen MR) is 146 cm³/mol. The lowest BCUT2D eigenvalue weighted by atomic mass is 10.0. The largest absolute Gasteiger partial charge is 0.481 e. The first kappa shape index (κ1) is 35.1. The van der Waals surface area contributed by atoms with Crippen LogP contribution in [0.1, 0.15) is 116 Å². The van der Waals surface area contributed by atoms with Gasteiger partial charge in [0, 0.05) is 30.9 Å². The molecule has 0 aromatic rings. The summed E-state index contributed by atoms with van der Waals surface area (Å²) in [4.78, 5) is 57.6. The van der Waals surface area contributed by atoms with Crippen molar-refractivity contribution in [1.29, 1.82) is 0 Å². The maximum atomic E-state index is 12.4. The Kier molecular flexibility index (Phi) is 18.3. The number of aliphatic hydroxyl groups excluding tert-OH is 1. The summed E-state index contributed by atoms with van der Waals surface area (Å²) in [5, 5.41) is 30.3. The van der Waals surface area contributed by atoms with Crippen molar-refractivity contribution in [2.45, 2.75) is 128 Å². The Balaban J connectivity index is 2.29. The Labute approximate surface area is 236 Å². The molecule has 0 radical (unpaired) electrons. The first-order valence-electron chi connectivity index (χ1n) is 14.6. The number of nitrogens with one attached hydrogen (secondary N) is 1. The van der Waals surface area contributed by atoms with Crippen molar-refractivity contribution >= 4 is 29.8 Å². The fourth-order valence-electron chi connectivity index (χ4n) is 4.41. The molecule has 40 heavy (non-hydrogen) atoms. The quantitative estimate of drug-likeness (QED) is 0.0970. The average molecular weight is 570 g/mol. The van der Waals surface area contributed by atoms with E-state index in [1.807, 2.05) is 0 Å². The first-order chi connectivity index (χ1) is 19.1. The molecule has 0 aromatic heterocycles. The third-order valence-corrected chi connectivity index (χ3v) is 6.91. The van der Waals surface area contributed by atoms with E-state index < -0.39 is 36.3 Å². The van der Waals surface area contributed by atoms with E-state index in [2.05, 4.69) is 5.32 Å². The number of carbonyl (C=O) groups is 5. The van der Waals surface area contributed by atoms with Crippen molar-refractivity contribution < 1.29 is 48.8 Å². The number of esters is 2. The van der Waals surface area contributed by atoms with E-state index in [0.717, 1.165) is 70.3 Å². The molecule has 4 N–H and O–H groups in total. The summed E-state index contributed by atoms with van der Waals surface area (Å²) in [7, 11) is 0. The van der Waals surface area contributed by atoms with E-state index in [1.54, 1.807) is 6.92 Å². The number of aliphatic carboxylic acids is 2. The molecule has 0 saturated carbocycles. The van der Waals surface area contributed by atoms with Crippen molar-refractivity contribution in [3.63, 3.8) is 0 Å². The highest BCUT2D eigenvalue weighted by atomic mass is 16.6. The van der Waals surface area contributed by atoms with Gasteiger partial charge in [-0.05, 0) is 25.7 Å². The summed E-state index contributed by atoms with van der Waals surface area (Å²) in [5.74, 6) is -3.34. The van der Waals surface area contributed by atoms with Crippen LogP contribution >= 0.6 is 0 Å². The van der Waals surface area contributed by atoms with Crippen LogP contribution < -0.4 is 5.32 Å². The first-order valence-corrected chi connectivity index (χ1v) is 14.6. The third kappa shape index (κ3) is 16.9. The zero-order valence-electron chi connectivity index (χ0n) is 23.7. The number of carboxylic acid groups (broad SMARTS) is 2. The highest BCUT2D eigenvalue weighted by Crippen LogP contribution is 2.21. The lowest BCUT2D eigenvalue weighted by Crippen LogP contribution is -2.38. The second-order valence-electron chi connectivity index (χ2n) is 10.5. The summed E-state index contributed by atoms with van der Waals surface area (Å²) in [6, 6.07) is 0. The SMILES string of the molecule is CC(CCCCCCCCC(=O)OC(CNC(=O)CCCCCCCCCC(=O)O)C1=CC(=O)OC1O)C(=O)O. The molecule has 1 aliphatic rings. The standard InChI is InChI=1S/C29H47NO10/c1-21(28(36)37)15-11-7-5-6-10-14-18-26(34)39-23(22-19-27(35)40-29(22)38)20-30-24(31)16-12-8-3-2-4-9-13-17-25(32)33/h19,21,23,29,38H,2-18,20H2,1H3,(H,30,31)(H,32,33)(H,36,37). The number of carboxylic acids is 2. The van der Waals surface area contributed by atoms with Crippen LogP contribution in [0.4, 0.5) is 0 Å². The summed E-state index contributed by atoms with van der Waals surface area (Å²) in [5.41, 5.74) is 0.0946. The van der Waals surface area contributed by atoms with Crippen molar-refractivity contribution in [3.8, 4) is 0 Å². The van der Waals surface area contributed by atoms with E-state index in [4.69, 9.17) is 19.7 Å². The van der Waals surface area contributed by atoms with Gasteiger partial charge in [0.2, 0.25) is 12.2 Å². The molecule has 0 bridgehead atoms. The van der Waals surface area contributed by atoms with Gasteiger partial charge in [0.25, 0.3) is 0 Å². The molecule has 3 atom stereocenters. The number of hydrogen-bond acceptors (Lipinski definition) is 8. The van der Waals surface area contributed by atoms with Crippen molar-refractivity contribution in [3.05, 3.63) is 11.6 Å². The molecule has 1 heterocycles. The molecule has 1 rings (SSSR count). The Morgan fingerprint density at radius 1 is 0.850 bits per heavy atom. The Hall–Kier alpha value is -2.95. The number of aliphatic hydroxyl groups is 1. The average Bonchev–Trinajstić information content (AvgIpc) is 3.23. The van der Waals surface area contributed by atoms with Crippen LogP contribution in [0.3, 0.4) is 0 Å². The molecule has 0 aliphatic carbocycles. The van der Waals surface area contributed by atoms with E-state index in [0.29, 0.717) is 32.1 Å². The molecule has 0 spiro atoms. The van der Waals surface area contributed by atoms with Gasteiger partial charge in [-0.1, -0.05) is 71.1 Å². The van der Waals surface area contributed by atoms with Gasteiger partial charge in [-0.3, -0.25) is 19.2 Å². The molecule has 0 fully saturated rings. The number of unbranched alkanes of at least 4 members (excludes halogenated alkanes) is 11. The van der Waals surface area contributed by atoms with Crippen molar-refractivity contribution in [2.75, 3.05) is 6.54 Å². The lowest BCUT2D eigenvalue weighted by molar-refractivity contribution is -0.155. The maximum absolute atomic E-state index is 12.4. The highest BCUT2D eigenvalue weighted by molar-refractivity contribution is 5.86. The minimum atomic E-state index is -1.53. The Morgan fingerprint density at radius 2 is 1.38 bits per heavy atom. The van der Waals surface area contributed by atoms with Crippen LogP contribution in [0, 0.1) is 5.92 Å². The van der Waals surface area contributed by atoms with Crippen LogP contribution in [-0.2, 0) is 33.4 Å². The smallest absolute Gasteiger partial charge is 0.333 e. The minimum Gasteiger partial charge on any atom is -0.481 e. The van der Waals surface area contributed by atoms with Gasteiger partial charge in [0.15, 0.2) is 0 Å². The molecule has 0 saturated heterocycles. The Bertz CT molecular complexity index is 841. The minimum absolute atomic E-state index is 0.0809. The predicted octanol–water partition coefficient (Wildman–Crippen LogP) is 4.25. The van der Waals surface area contributed by atoms with Crippen molar-refractivity contribution in [1.82, 2.24) is 5.32 Å². The lowest BCUT2D eigenvalue weighted by Gasteiger charge is -2.21. The van der Waals surface area contributed by atoms with E-state index in [1.165, 1.54) is 0 Å². The second kappa shape index (κ2) is 20.9. The molecular formula is C29H47NO10. The summed E-state index contributed by atoms with van der Waals surface area (Å²) < 4.78 is 10.2. The number of amides is 1. The number of hydrogen-bond donors (Lipinski definition) is 4. The molecule has 1 aliphatic heterocycles. The van der Waals surface area contributed by atoms with Crippen molar-refractivity contribution in [2.24, 2.45) is 5.92 Å². The number of cyclic esters (lactones) is 1. The van der Waals surface area contributed by atoms with Crippen LogP contribution in [-0.4, -0.2) is 64.0 Å². The van der Waals surface area contributed by atoms with Gasteiger partial charge in [0.1, 0.15) is 6.10 Å². The normalized spacial score (nSPS) is 16.1. The number of ether oxygens (including phenoxy) is 2. The molecule has 3 unspecified atom stereocenters. The third-order valence-electron chi connectivity index (χ3n) is 6.91. The Morgan fingerprint density at radius 3 is 1.90 bits per heavy atom. The molecule has 1 amide bonds. The molecule has 0 aromatic carbocycles. The van der Waals surface area contributed by atoms with Crippen LogP contribution in [0.2, 0.25) is 0 Å².